The summed E-state index contributed by atoms with van der Waals surface area (Å²) in [5.41, 5.74) is 2.30. The van der Waals surface area contributed by atoms with E-state index in [1.54, 1.807) is 36.1 Å². The monoisotopic (exact) mass is 473 g/mol. The van der Waals surface area contributed by atoms with Crippen LogP contribution < -0.4 is 14.8 Å². The standard InChI is InChI=1S/C25H23N5O5/c1-16(2)35-25-27-23(18-5-4-6-22(15-18)34-3)29(28-25)20-13-9-19(10-14-20)26-24(31)17-7-11-21(12-8-17)30(32)33/h4-16H,1-3H3,(H,26,31). The number of nitro benzene ring substituents is 1. The molecule has 0 spiro atoms. The number of carbonyl (C=O) groups is 1. The van der Waals surface area contributed by atoms with Crippen LogP contribution in [0.15, 0.2) is 72.8 Å². The maximum atomic E-state index is 12.5. The Hall–Kier alpha value is -4.73. The van der Waals surface area contributed by atoms with Crippen LogP contribution in [0, 0.1) is 10.1 Å². The summed E-state index contributed by atoms with van der Waals surface area (Å²) in [6.07, 6.45) is -0.0963. The molecule has 10 heteroatoms. The number of amides is 1. The average molecular weight is 473 g/mol. The van der Waals surface area contributed by atoms with E-state index in [9.17, 15) is 14.9 Å². The number of methoxy groups -OCH3 is 1. The zero-order chi connectivity index (χ0) is 24.9. The third-order valence-electron chi connectivity index (χ3n) is 4.97. The predicted molar refractivity (Wildman–Crippen MR) is 130 cm³/mol. The summed E-state index contributed by atoms with van der Waals surface area (Å²) < 4.78 is 12.7. The lowest BCUT2D eigenvalue weighted by Gasteiger charge is -2.09. The van der Waals surface area contributed by atoms with Gasteiger partial charge in [0.15, 0.2) is 5.82 Å². The van der Waals surface area contributed by atoms with Gasteiger partial charge < -0.3 is 14.8 Å². The van der Waals surface area contributed by atoms with Crippen LogP contribution in [0.4, 0.5) is 11.4 Å². The second-order valence-corrected chi connectivity index (χ2v) is 7.83. The first kappa shape index (κ1) is 23.4. The Morgan fingerprint density at radius 1 is 1.06 bits per heavy atom. The Labute approximate surface area is 201 Å². The molecular formula is C25H23N5O5. The smallest absolute Gasteiger partial charge is 0.336 e. The summed E-state index contributed by atoms with van der Waals surface area (Å²) in [6.45, 7) is 3.79. The zero-order valence-corrected chi connectivity index (χ0v) is 19.3. The van der Waals surface area contributed by atoms with Crippen molar-refractivity contribution in [3.8, 4) is 28.8 Å². The van der Waals surface area contributed by atoms with Gasteiger partial charge in [0.1, 0.15) is 5.75 Å². The van der Waals surface area contributed by atoms with Gasteiger partial charge in [0, 0.05) is 28.9 Å². The van der Waals surface area contributed by atoms with Gasteiger partial charge in [0.2, 0.25) is 0 Å². The van der Waals surface area contributed by atoms with Gasteiger partial charge in [-0.3, -0.25) is 14.9 Å². The number of nitrogens with zero attached hydrogens (tertiary/aromatic N) is 4. The summed E-state index contributed by atoms with van der Waals surface area (Å²) in [5.74, 6) is 0.882. The number of hydrogen-bond donors (Lipinski definition) is 1. The lowest BCUT2D eigenvalue weighted by Crippen LogP contribution is -2.12. The van der Waals surface area contributed by atoms with Crippen LogP contribution in [0.25, 0.3) is 17.1 Å². The topological polar surface area (TPSA) is 121 Å². The van der Waals surface area contributed by atoms with Crippen molar-refractivity contribution in [3.63, 3.8) is 0 Å². The molecule has 4 rings (SSSR count). The van der Waals surface area contributed by atoms with E-state index in [1.807, 2.05) is 38.1 Å². The number of non-ortho nitro benzene ring substituents is 1. The van der Waals surface area contributed by atoms with Gasteiger partial charge in [-0.2, -0.15) is 4.98 Å². The lowest BCUT2D eigenvalue weighted by molar-refractivity contribution is -0.384. The van der Waals surface area contributed by atoms with Gasteiger partial charge in [-0.25, -0.2) is 4.68 Å². The van der Waals surface area contributed by atoms with Crippen LogP contribution >= 0.6 is 0 Å². The third kappa shape index (κ3) is 5.44. The van der Waals surface area contributed by atoms with E-state index in [4.69, 9.17) is 9.47 Å². The zero-order valence-electron chi connectivity index (χ0n) is 19.3. The van der Waals surface area contributed by atoms with Crippen LogP contribution in [-0.4, -0.2) is 38.8 Å². The molecule has 0 radical (unpaired) electrons. The van der Waals surface area contributed by atoms with Gasteiger partial charge in [-0.15, -0.1) is 5.10 Å². The first-order valence-electron chi connectivity index (χ1n) is 10.8. The summed E-state index contributed by atoms with van der Waals surface area (Å²) in [5, 5.41) is 18.1. The van der Waals surface area contributed by atoms with Crippen LogP contribution in [-0.2, 0) is 0 Å². The molecule has 3 aromatic carbocycles. The quantitative estimate of drug-likeness (QED) is 0.286. The predicted octanol–water partition coefficient (Wildman–Crippen LogP) is 4.89. The summed E-state index contributed by atoms with van der Waals surface area (Å²) in [7, 11) is 1.60. The molecule has 0 saturated carbocycles. The largest absolute Gasteiger partial charge is 0.497 e. The number of aromatic nitrogens is 3. The fourth-order valence-electron chi connectivity index (χ4n) is 3.31. The lowest BCUT2D eigenvalue weighted by atomic mass is 10.2. The van der Waals surface area contributed by atoms with Gasteiger partial charge in [-0.05, 0) is 62.4 Å². The van der Waals surface area contributed by atoms with Crippen LogP contribution in [0.1, 0.15) is 24.2 Å². The SMILES string of the molecule is COc1cccc(-c2nc(OC(C)C)nn2-c2ccc(NC(=O)c3ccc([N+](=O)[O-])cc3)cc2)c1. The normalized spacial score (nSPS) is 10.7. The van der Waals surface area contributed by atoms with E-state index in [1.165, 1.54) is 24.3 Å². The molecule has 0 unspecified atom stereocenters. The summed E-state index contributed by atoms with van der Waals surface area (Å²) >= 11 is 0. The molecule has 178 valence electrons. The average Bonchev–Trinajstić information content (AvgIpc) is 3.27. The Morgan fingerprint density at radius 2 is 1.77 bits per heavy atom. The second kappa shape index (κ2) is 10.0. The Kier molecular flexibility index (Phi) is 6.72. The third-order valence-corrected chi connectivity index (χ3v) is 4.97. The minimum atomic E-state index is -0.512. The molecule has 0 fully saturated rings. The van der Waals surface area contributed by atoms with Crippen LogP contribution in [0.5, 0.6) is 11.8 Å². The minimum Gasteiger partial charge on any atom is -0.497 e. The first-order chi connectivity index (χ1) is 16.8. The van der Waals surface area contributed by atoms with E-state index in [0.29, 0.717) is 28.5 Å². The molecule has 1 aromatic heterocycles. The number of benzene rings is 3. The number of rotatable bonds is 8. The number of hydrogen-bond acceptors (Lipinski definition) is 7. The molecule has 0 saturated heterocycles. The Balaban J connectivity index is 1.59. The van der Waals surface area contributed by atoms with Crippen molar-refractivity contribution in [3.05, 3.63) is 88.5 Å². The second-order valence-electron chi connectivity index (χ2n) is 7.83. The van der Waals surface area contributed by atoms with Crippen molar-refractivity contribution in [2.75, 3.05) is 12.4 Å². The number of nitrogens with one attached hydrogen (secondary N) is 1. The minimum absolute atomic E-state index is 0.0774. The van der Waals surface area contributed by atoms with E-state index < -0.39 is 4.92 Å². The fraction of sp³-hybridized carbons (Fsp3) is 0.160. The molecule has 1 N–H and O–H groups in total. The fourth-order valence-corrected chi connectivity index (χ4v) is 3.31. The number of nitro groups is 1. The molecular weight excluding hydrogens is 450 g/mol. The first-order valence-corrected chi connectivity index (χ1v) is 10.8. The highest BCUT2D eigenvalue weighted by Gasteiger charge is 2.17. The maximum Gasteiger partial charge on any atom is 0.336 e. The van der Waals surface area contributed by atoms with Crippen molar-refractivity contribution in [1.82, 2.24) is 14.8 Å². The van der Waals surface area contributed by atoms with Crippen LogP contribution in [0.3, 0.4) is 0 Å². The Bertz CT molecular complexity index is 1350. The number of carbonyl (C=O) groups excluding carboxylic acids is 1. The van der Waals surface area contributed by atoms with Gasteiger partial charge in [-0.1, -0.05) is 12.1 Å². The summed E-state index contributed by atoms with van der Waals surface area (Å²) in [4.78, 5) is 27.4. The molecule has 1 amide bonds. The molecule has 0 bridgehead atoms. The molecule has 1 heterocycles. The van der Waals surface area contributed by atoms with Crippen molar-refractivity contribution >= 4 is 17.3 Å². The van der Waals surface area contributed by atoms with Crippen molar-refractivity contribution < 1.29 is 19.2 Å². The van der Waals surface area contributed by atoms with Gasteiger partial charge in [0.25, 0.3) is 11.6 Å². The van der Waals surface area contributed by atoms with E-state index in [0.717, 1.165) is 5.56 Å². The molecule has 0 aliphatic heterocycles. The highest BCUT2D eigenvalue weighted by Crippen LogP contribution is 2.27. The number of ether oxygens (including phenoxy) is 2. The highest BCUT2D eigenvalue weighted by molar-refractivity contribution is 6.04. The molecule has 0 atom stereocenters. The van der Waals surface area contributed by atoms with E-state index >= 15 is 0 Å². The van der Waals surface area contributed by atoms with Gasteiger partial charge in [0.05, 0.1) is 23.8 Å². The highest BCUT2D eigenvalue weighted by atomic mass is 16.6. The maximum absolute atomic E-state index is 12.5. The molecule has 0 aliphatic rings. The van der Waals surface area contributed by atoms with E-state index in [-0.39, 0.29) is 23.7 Å². The summed E-state index contributed by atoms with van der Waals surface area (Å²) in [6, 6.07) is 20.2. The van der Waals surface area contributed by atoms with E-state index in [2.05, 4.69) is 15.4 Å². The van der Waals surface area contributed by atoms with Crippen LogP contribution in [0.2, 0.25) is 0 Å². The molecule has 4 aromatic rings. The number of anilines is 1. The van der Waals surface area contributed by atoms with Crippen molar-refractivity contribution in [2.45, 2.75) is 20.0 Å². The van der Waals surface area contributed by atoms with Gasteiger partial charge >= 0.3 is 6.01 Å². The van der Waals surface area contributed by atoms with Crippen molar-refractivity contribution in [1.29, 1.82) is 0 Å². The molecule has 35 heavy (non-hydrogen) atoms. The Morgan fingerprint density at radius 3 is 2.40 bits per heavy atom. The molecule has 0 aliphatic carbocycles. The van der Waals surface area contributed by atoms with Crippen molar-refractivity contribution in [2.24, 2.45) is 0 Å². The molecule has 10 nitrogen and oxygen atoms in total.